The molecule has 18 heteroatoms. The third-order valence-electron chi connectivity index (χ3n) is 14.7. The number of anilines is 1. The summed E-state index contributed by atoms with van der Waals surface area (Å²) in [6.45, 7) is 1.78. The molecule has 5 aromatic carbocycles. The van der Waals surface area contributed by atoms with E-state index in [4.69, 9.17) is 33.2 Å². The van der Waals surface area contributed by atoms with E-state index in [-0.39, 0.29) is 62.1 Å². The molecular formula is C57H54N4O14. The van der Waals surface area contributed by atoms with Crippen LogP contribution in [0, 0.1) is 23.7 Å². The molecule has 0 radical (unpaired) electrons. The number of rotatable bonds is 12. The molecule has 18 nitrogen and oxygen atoms in total. The van der Waals surface area contributed by atoms with Crippen LogP contribution in [0.1, 0.15) is 58.0 Å². The number of amides is 3. The lowest BCUT2D eigenvalue weighted by Crippen LogP contribution is -2.59. The van der Waals surface area contributed by atoms with Gasteiger partial charge >= 0.3 is 24.0 Å². The van der Waals surface area contributed by atoms with Gasteiger partial charge in [0.25, 0.3) is 0 Å². The maximum absolute atomic E-state index is 16.5. The van der Waals surface area contributed by atoms with Crippen LogP contribution in [0.3, 0.4) is 0 Å². The number of hydrogen-bond donors (Lipinski definition) is 1. The molecule has 5 aromatic rings. The number of imide groups is 1. The number of carbonyl (C=O) groups is 6. The zero-order valence-corrected chi connectivity index (χ0v) is 41.4. The summed E-state index contributed by atoms with van der Waals surface area (Å²) in [4.78, 5) is 95.1. The minimum Gasteiger partial charge on any atom is -0.508 e. The van der Waals surface area contributed by atoms with Crippen LogP contribution < -0.4 is 14.4 Å². The van der Waals surface area contributed by atoms with E-state index < -0.39 is 77.3 Å². The molecule has 75 heavy (non-hydrogen) atoms. The van der Waals surface area contributed by atoms with Gasteiger partial charge in [0.1, 0.15) is 29.9 Å². The van der Waals surface area contributed by atoms with Gasteiger partial charge in [0.15, 0.2) is 17.4 Å². The van der Waals surface area contributed by atoms with E-state index in [1.165, 1.54) is 25.3 Å². The van der Waals surface area contributed by atoms with E-state index in [1.807, 2.05) is 83.8 Å². The van der Waals surface area contributed by atoms with Crippen molar-refractivity contribution in [1.82, 2.24) is 14.7 Å². The van der Waals surface area contributed by atoms with Crippen molar-refractivity contribution >= 4 is 41.5 Å². The van der Waals surface area contributed by atoms with E-state index in [0.717, 1.165) is 24.7 Å². The summed E-state index contributed by atoms with van der Waals surface area (Å²) in [5.74, 6) is 0.409. The van der Waals surface area contributed by atoms with Crippen LogP contribution in [0.25, 0.3) is 0 Å². The highest BCUT2D eigenvalue weighted by molar-refractivity contribution is 6.23. The van der Waals surface area contributed by atoms with Crippen molar-refractivity contribution in [2.75, 3.05) is 72.4 Å². The van der Waals surface area contributed by atoms with Gasteiger partial charge in [-0.05, 0) is 70.3 Å². The lowest BCUT2D eigenvalue weighted by Gasteiger charge is -2.46. The van der Waals surface area contributed by atoms with E-state index >= 15 is 14.4 Å². The molecular weight excluding hydrogens is 965 g/mol. The fourth-order valence-corrected chi connectivity index (χ4v) is 11.3. The second-order valence-corrected chi connectivity index (χ2v) is 18.7. The number of nitrogens with zero attached hydrogens (tertiary/aromatic N) is 4. The standard InChI is InChI=1S/C57H54N4O14/c1-69-29-30-72-56(68)60-43-23-17-35(11-10-16-41(52(64)70-2)53(65)71-3)31-42(43)57(55(60)67)46(51(63)59-27-25-58(26-28-59)33-36-18-24-44-45(32-36)74-34-73-44)48-54(66)75-49(38-14-8-5-9-15-38)47(37-12-6-4-7-13-37)61(48)50(57)39-19-21-40(62)22-20-39/h4-9,12-15,17-24,31-32,41,46-50,62H,16,25-30,33-34H2,1-3H3/t46-,47-,48-,49+,50+,57-/m1/s1. The SMILES string of the molecule is COCCOC(=O)N1C(=O)[C@@]2(c3cc(C#CCC(C(=O)OC)C(=O)OC)ccc31)[C@H](c1ccc(O)cc1)N1[C@H](c3ccccc3)[C@H](c3ccccc3)OC(=O)[C@H]1[C@@H]2C(=O)N1CCN(Cc2ccc3c(c2)OCO3)CC1. The Morgan fingerprint density at radius 1 is 0.747 bits per heavy atom. The highest BCUT2D eigenvalue weighted by atomic mass is 16.7. The molecule has 0 saturated carbocycles. The Labute approximate surface area is 432 Å². The molecule has 0 aromatic heterocycles. The number of aromatic hydroxyl groups is 1. The summed E-state index contributed by atoms with van der Waals surface area (Å²) < 4.78 is 38.4. The first-order valence-corrected chi connectivity index (χ1v) is 24.5. The van der Waals surface area contributed by atoms with Gasteiger partial charge < -0.3 is 43.2 Å². The lowest BCUT2D eigenvalue weighted by atomic mass is 9.65. The number of hydrogen-bond acceptors (Lipinski definition) is 16. The van der Waals surface area contributed by atoms with Gasteiger partial charge in [-0.15, -0.1) is 0 Å². The third kappa shape index (κ3) is 9.17. The second-order valence-electron chi connectivity index (χ2n) is 18.7. The molecule has 3 amide bonds. The highest BCUT2D eigenvalue weighted by Gasteiger charge is 2.76. The summed E-state index contributed by atoms with van der Waals surface area (Å²) in [5, 5.41) is 10.8. The van der Waals surface area contributed by atoms with Crippen LogP contribution in [-0.4, -0.2) is 129 Å². The third-order valence-corrected chi connectivity index (χ3v) is 14.7. The molecule has 386 valence electrons. The number of cyclic esters (lactones) is 1. The Balaban J connectivity index is 1.17. The quantitative estimate of drug-likeness (QED) is 0.0531. The molecule has 0 aliphatic carbocycles. The normalized spacial score (nSPS) is 22.7. The minimum atomic E-state index is -2.13. The molecule has 6 atom stereocenters. The lowest BCUT2D eigenvalue weighted by molar-refractivity contribution is -0.179. The number of phenols is 1. The van der Waals surface area contributed by atoms with E-state index in [1.54, 1.807) is 29.2 Å². The second kappa shape index (κ2) is 21.3. The van der Waals surface area contributed by atoms with Crippen LogP contribution in [0.2, 0.25) is 0 Å². The van der Waals surface area contributed by atoms with Crippen molar-refractivity contribution in [2.45, 2.75) is 42.6 Å². The first-order chi connectivity index (χ1) is 36.5. The smallest absolute Gasteiger partial charge is 0.421 e. The number of piperazine rings is 1. The van der Waals surface area contributed by atoms with Crippen molar-refractivity contribution in [3.63, 3.8) is 0 Å². The van der Waals surface area contributed by atoms with E-state index in [2.05, 4.69) is 16.7 Å². The number of ether oxygens (including phenoxy) is 7. The summed E-state index contributed by atoms with van der Waals surface area (Å²) in [5.41, 5.74) is 1.20. The minimum absolute atomic E-state index is 0.0116. The molecule has 1 N–H and O–H groups in total. The maximum Gasteiger partial charge on any atom is 0.421 e. The van der Waals surface area contributed by atoms with Gasteiger partial charge in [-0.2, -0.15) is 0 Å². The number of esters is 3. The van der Waals surface area contributed by atoms with Crippen molar-refractivity contribution in [1.29, 1.82) is 0 Å². The van der Waals surface area contributed by atoms with Crippen LogP contribution >= 0.6 is 0 Å². The zero-order chi connectivity index (χ0) is 52.4. The molecule has 3 saturated heterocycles. The Hall–Kier alpha value is -8.24. The molecule has 5 aliphatic rings. The van der Waals surface area contributed by atoms with Crippen molar-refractivity contribution in [3.8, 4) is 29.1 Å². The summed E-state index contributed by atoms with van der Waals surface area (Å²) in [6.07, 6.45) is -2.31. The summed E-state index contributed by atoms with van der Waals surface area (Å²) >= 11 is 0. The first-order valence-electron chi connectivity index (χ1n) is 24.5. The maximum atomic E-state index is 16.5. The van der Waals surface area contributed by atoms with E-state index in [9.17, 15) is 19.5 Å². The molecule has 0 bridgehead atoms. The molecule has 0 unspecified atom stereocenters. The van der Waals surface area contributed by atoms with Crippen LogP contribution in [0.4, 0.5) is 10.5 Å². The van der Waals surface area contributed by atoms with Gasteiger partial charge in [0, 0.05) is 51.8 Å². The predicted octanol–water partition coefficient (Wildman–Crippen LogP) is 5.62. The fourth-order valence-electron chi connectivity index (χ4n) is 11.3. The number of morpholine rings is 1. The number of carbonyl (C=O) groups excluding carboxylic acids is 6. The first kappa shape index (κ1) is 50.3. The number of methoxy groups -OCH3 is 3. The fraction of sp³-hybridized carbons (Fsp3) is 0.333. The Kier molecular flexibility index (Phi) is 14.3. The molecule has 10 rings (SSSR count). The Morgan fingerprint density at radius 3 is 2.11 bits per heavy atom. The molecule has 5 heterocycles. The van der Waals surface area contributed by atoms with Gasteiger partial charge in [0.2, 0.25) is 18.6 Å². The molecule has 3 fully saturated rings. The summed E-state index contributed by atoms with van der Waals surface area (Å²) in [7, 11) is 3.73. The van der Waals surface area contributed by atoms with Gasteiger partial charge in [-0.25, -0.2) is 9.69 Å². The Morgan fingerprint density at radius 2 is 1.43 bits per heavy atom. The topological polar surface area (TPSA) is 200 Å². The van der Waals surface area contributed by atoms with Crippen LogP contribution in [-0.2, 0) is 59.6 Å². The molecule has 1 spiro atoms. The van der Waals surface area contributed by atoms with Crippen molar-refractivity contribution in [3.05, 3.63) is 155 Å². The van der Waals surface area contributed by atoms with Crippen molar-refractivity contribution in [2.24, 2.45) is 11.8 Å². The molecule has 5 aliphatic heterocycles. The van der Waals surface area contributed by atoms with E-state index in [0.29, 0.717) is 47.8 Å². The van der Waals surface area contributed by atoms with Crippen LogP contribution in [0.5, 0.6) is 17.2 Å². The average molecular weight is 1020 g/mol. The zero-order valence-electron chi connectivity index (χ0n) is 41.4. The van der Waals surface area contributed by atoms with Gasteiger partial charge in [0.05, 0.1) is 44.5 Å². The average Bonchev–Trinajstić information content (AvgIpc) is 4.22. The van der Waals surface area contributed by atoms with Gasteiger partial charge in [-0.3, -0.25) is 33.8 Å². The largest absolute Gasteiger partial charge is 0.508 e. The highest BCUT2D eigenvalue weighted by Crippen LogP contribution is 2.66. The number of benzene rings is 5. The Bertz CT molecular complexity index is 3050. The number of phenolic OH excluding ortho intramolecular Hbond substituents is 1. The van der Waals surface area contributed by atoms with Gasteiger partial charge in [-0.1, -0.05) is 90.7 Å². The monoisotopic (exact) mass is 1020 g/mol. The summed E-state index contributed by atoms with van der Waals surface area (Å²) in [6, 6.07) is 31.8. The van der Waals surface area contributed by atoms with Crippen molar-refractivity contribution < 1.29 is 67.0 Å². The van der Waals surface area contributed by atoms with Crippen LogP contribution in [0.15, 0.2) is 121 Å². The number of fused-ring (bicyclic) bond motifs is 4. The predicted molar refractivity (Wildman–Crippen MR) is 267 cm³/mol.